The maximum Gasteiger partial charge on any atom is 0.257 e. The lowest BCUT2D eigenvalue weighted by Crippen LogP contribution is -2.14. The van der Waals surface area contributed by atoms with Gasteiger partial charge in [-0.15, -0.1) is 5.10 Å². The molecule has 28 heavy (non-hydrogen) atoms. The van der Waals surface area contributed by atoms with Crippen LogP contribution in [0.15, 0.2) is 48.5 Å². The third-order valence-corrected chi connectivity index (χ3v) is 4.43. The third kappa shape index (κ3) is 3.27. The molecule has 2 aromatic heterocycles. The number of carbonyl (C=O) groups is 1. The molecule has 0 aliphatic carbocycles. The smallest absolute Gasteiger partial charge is 0.257 e. The van der Waals surface area contributed by atoms with Gasteiger partial charge in [0.25, 0.3) is 5.91 Å². The van der Waals surface area contributed by atoms with E-state index in [-0.39, 0.29) is 5.91 Å². The van der Waals surface area contributed by atoms with E-state index in [1.807, 2.05) is 62.4 Å². The summed E-state index contributed by atoms with van der Waals surface area (Å²) in [6, 6.07) is 14.7. The number of aryl methyl sites for hydroxylation is 2. The average molecular weight is 374 g/mol. The number of benzene rings is 2. The summed E-state index contributed by atoms with van der Waals surface area (Å²) in [4.78, 5) is 17.4. The van der Waals surface area contributed by atoms with Crippen molar-refractivity contribution in [2.45, 2.75) is 13.8 Å². The highest BCUT2D eigenvalue weighted by molar-refractivity contribution is 6.07. The summed E-state index contributed by atoms with van der Waals surface area (Å²) in [6.45, 7) is 3.63. The summed E-state index contributed by atoms with van der Waals surface area (Å²) >= 11 is 0. The second kappa shape index (κ2) is 7.07. The van der Waals surface area contributed by atoms with E-state index < -0.39 is 0 Å². The third-order valence-electron chi connectivity index (χ3n) is 4.43. The molecule has 2 heterocycles. The van der Waals surface area contributed by atoms with Crippen molar-refractivity contribution in [1.82, 2.24) is 25.2 Å². The Morgan fingerprint density at radius 3 is 2.71 bits per heavy atom. The Kier molecular flexibility index (Phi) is 4.44. The van der Waals surface area contributed by atoms with Gasteiger partial charge in [0.15, 0.2) is 5.82 Å². The van der Waals surface area contributed by atoms with Gasteiger partial charge in [-0.25, -0.2) is 0 Å². The van der Waals surface area contributed by atoms with Gasteiger partial charge in [-0.05, 0) is 66.7 Å². The molecule has 0 aliphatic heterocycles. The fourth-order valence-electron chi connectivity index (χ4n) is 2.99. The number of aromatic nitrogens is 5. The van der Waals surface area contributed by atoms with E-state index in [9.17, 15) is 4.79 Å². The molecule has 8 heteroatoms. The minimum atomic E-state index is -0.236. The number of nitrogens with one attached hydrogen (secondary N) is 1. The van der Waals surface area contributed by atoms with Gasteiger partial charge in [-0.2, -0.15) is 4.68 Å². The Balaban J connectivity index is 1.65. The molecule has 0 bridgehead atoms. The molecule has 0 atom stereocenters. The van der Waals surface area contributed by atoms with Crippen molar-refractivity contribution in [1.29, 1.82) is 0 Å². The van der Waals surface area contributed by atoms with Crippen LogP contribution < -0.4 is 10.1 Å². The van der Waals surface area contributed by atoms with Crippen LogP contribution >= 0.6 is 0 Å². The molecule has 4 aromatic rings. The van der Waals surface area contributed by atoms with Crippen molar-refractivity contribution in [3.63, 3.8) is 0 Å². The summed E-state index contributed by atoms with van der Waals surface area (Å²) in [5.41, 5.74) is 3.37. The first-order valence-electron chi connectivity index (χ1n) is 8.67. The monoisotopic (exact) mass is 374 g/mol. The van der Waals surface area contributed by atoms with E-state index in [1.165, 1.54) is 0 Å². The first kappa shape index (κ1) is 17.6. The van der Waals surface area contributed by atoms with Crippen molar-refractivity contribution in [2.24, 2.45) is 0 Å². The number of carbonyl (C=O) groups excluding carboxylic acids is 1. The fourth-order valence-corrected chi connectivity index (χ4v) is 2.99. The summed E-state index contributed by atoms with van der Waals surface area (Å²) in [5, 5.41) is 15.2. The second-order valence-electron chi connectivity index (χ2n) is 6.32. The van der Waals surface area contributed by atoms with Crippen molar-refractivity contribution in [2.75, 3.05) is 12.4 Å². The van der Waals surface area contributed by atoms with E-state index >= 15 is 0 Å². The highest BCUT2D eigenvalue weighted by atomic mass is 16.5. The van der Waals surface area contributed by atoms with E-state index in [0.717, 1.165) is 16.6 Å². The van der Waals surface area contributed by atoms with Crippen LogP contribution in [-0.4, -0.2) is 38.2 Å². The second-order valence-corrected chi connectivity index (χ2v) is 6.32. The number of hydrogen-bond donors (Lipinski definition) is 1. The number of fused-ring (bicyclic) bond motifs is 1. The van der Waals surface area contributed by atoms with Crippen LogP contribution in [0.4, 0.5) is 5.69 Å². The van der Waals surface area contributed by atoms with Crippen LogP contribution in [0.5, 0.6) is 5.75 Å². The van der Waals surface area contributed by atoms with Gasteiger partial charge in [-0.1, -0.05) is 6.07 Å². The predicted octanol–water partition coefficient (Wildman–Crippen LogP) is 3.09. The fraction of sp³-hybridized carbons (Fsp3) is 0.150. The Morgan fingerprint density at radius 2 is 1.96 bits per heavy atom. The number of methoxy groups -OCH3 is 1. The molecule has 0 radical (unpaired) electrons. The topological polar surface area (TPSA) is 94.8 Å². The SMILES string of the molecule is COc1ccc2nc(C)c(C(=O)Nc3cccc(-n4nnnc4C)c3)cc2c1. The zero-order chi connectivity index (χ0) is 19.7. The van der Waals surface area contributed by atoms with Crippen LogP contribution in [-0.2, 0) is 0 Å². The van der Waals surface area contributed by atoms with Crippen molar-refractivity contribution in [3.05, 3.63) is 65.6 Å². The Morgan fingerprint density at radius 1 is 1.11 bits per heavy atom. The molecule has 1 amide bonds. The molecular weight excluding hydrogens is 356 g/mol. The Labute approximate surface area is 161 Å². The predicted molar refractivity (Wildman–Crippen MR) is 105 cm³/mol. The van der Waals surface area contributed by atoms with Gasteiger partial charge >= 0.3 is 0 Å². The molecule has 2 aromatic carbocycles. The van der Waals surface area contributed by atoms with E-state index in [0.29, 0.717) is 28.5 Å². The zero-order valence-corrected chi connectivity index (χ0v) is 15.7. The number of rotatable bonds is 4. The number of amides is 1. The lowest BCUT2D eigenvalue weighted by Gasteiger charge is -2.11. The largest absolute Gasteiger partial charge is 0.497 e. The minimum absolute atomic E-state index is 0.236. The Bertz CT molecular complexity index is 1180. The summed E-state index contributed by atoms with van der Waals surface area (Å²) in [5.74, 6) is 1.14. The molecule has 1 N–H and O–H groups in total. The first-order chi connectivity index (χ1) is 13.5. The van der Waals surface area contributed by atoms with E-state index in [1.54, 1.807) is 11.8 Å². The number of hydrogen-bond acceptors (Lipinski definition) is 6. The van der Waals surface area contributed by atoms with Gasteiger partial charge < -0.3 is 10.1 Å². The lowest BCUT2D eigenvalue weighted by atomic mass is 10.1. The van der Waals surface area contributed by atoms with E-state index in [4.69, 9.17) is 4.74 Å². The molecule has 0 aliphatic rings. The molecular formula is C20H18N6O2. The highest BCUT2D eigenvalue weighted by Crippen LogP contribution is 2.23. The van der Waals surface area contributed by atoms with Gasteiger partial charge in [0.2, 0.25) is 0 Å². The van der Waals surface area contributed by atoms with Crippen molar-refractivity contribution < 1.29 is 9.53 Å². The molecule has 0 saturated carbocycles. The molecule has 140 valence electrons. The highest BCUT2D eigenvalue weighted by Gasteiger charge is 2.13. The summed E-state index contributed by atoms with van der Waals surface area (Å²) in [7, 11) is 1.61. The molecule has 0 fully saturated rings. The number of nitrogens with zero attached hydrogens (tertiary/aromatic N) is 5. The van der Waals surface area contributed by atoms with Crippen molar-refractivity contribution in [3.8, 4) is 11.4 Å². The molecule has 0 saturated heterocycles. The molecule has 8 nitrogen and oxygen atoms in total. The average Bonchev–Trinajstić information content (AvgIpc) is 3.13. The lowest BCUT2D eigenvalue weighted by molar-refractivity contribution is 0.102. The maximum absolute atomic E-state index is 12.9. The standard InChI is InChI=1S/C20H18N6O2/c1-12-18(10-14-9-17(28-3)7-8-19(14)21-12)20(27)22-15-5-4-6-16(11-15)26-13(2)23-24-25-26/h4-11H,1-3H3,(H,22,27). The quantitative estimate of drug-likeness (QED) is 0.590. The molecule has 0 spiro atoms. The van der Waals surface area contributed by atoms with Gasteiger partial charge in [0.1, 0.15) is 5.75 Å². The van der Waals surface area contributed by atoms with Crippen LogP contribution in [0.1, 0.15) is 21.9 Å². The maximum atomic E-state index is 12.9. The Hall–Kier alpha value is -3.81. The van der Waals surface area contributed by atoms with Crippen LogP contribution in [0.2, 0.25) is 0 Å². The number of ether oxygens (including phenoxy) is 1. The van der Waals surface area contributed by atoms with Gasteiger partial charge in [-0.3, -0.25) is 9.78 Å². The first-order valence-corrected chi connectivity index (χ1v) is 8.67. The number of pyridine rings is 1. The van der Waals surface area contributed by atoms with Crippen molar-refractivity contribution >= 4 is 22.5 Å². The summed E-state index contributed by atoms with van der Waals surface area (Å²) in [6.07, 6.45) is 0. The van der Waals surface area contributed by atoms with Gasteiger partial charge in [0, 0.05) is 11.1 Å². The minimum Gasteiger partial charge on any atom is -0.497 e. The van der Waals surface area contributed by atoms with Gasteiger partial charge in [0.05, 0.1) is 29.6 Å². The van der Waals surface area contributed by atoms with Crippen LogP contribution in [0.25, 0.3) is 16.6 Å². The summed E-state index contributed by atoms with van der Waals surface area (Å²) < 4.78 is 6.86. The van der Waals surface area contributed by atoms with Crippen LogP contribution in [0.3, 0.4) is 0 Å². The number of tetrazole rings is 1. The van der Waals surface area contributed by atoms with E-state index in [2.05, 4.69) is 25.8 Å². The normalized spacial score (nSPS) is 10.8. The zero-order valence-electron chi connectivity index (χ0n) is 15.7. The van der Waals surface area contributed by atoms with Crippen LogP contribution in [0, 0.1) is 13.8 Å². The molecule has 4 rings (SSSR count). The number of anilines is 1. The molecule has 0 unspecified atom stereocenters.